The molecule has 8 heteroatoms. The zero-order chi connectivity index (χ0) is 31.2. The Bertz CT molecular complexity index is 1560. The van der Waals surface area contributed by atoms with Crippen LogP contribution in [-0.4, -0.2) is 65.9 Å². The molecule has 0 fully saturated rings. The third kappa shape index (κ3) is 7.09. The Morgan fingerprint density at radius 2 is 1.64 bits per heavy atom. The van der Waals surface area contributed by atoms with E-state index < -0.39 is 0 Å². The molecule has 1 aliphatic heterocycles. The van der Waals surface area contributed by atoms with Gasteiger partial charge in [0.2, 0.25) is 0 Å². The van der Waals surface area contributed by atoms with Crippen molar-refractivity contribution in [2.24, 2.45) is 5.92 Å². The third-order valence-electron chi connectivity index (χ3n) is 7.94. The molecule has 0 aliphatic carbocycles. The predicted octanol–water partition coefficient (Wildman–Crippen LogP) is 6.53. The number of hydrogen-bond donors (Lipinski definition) is 0. The smallest absolute Gasteiger partial charge is 0.258 e. The molecular formula is C36H40N4O4. The van der Waals surface area contributed by atoms with E-state index in [1.165, 1.54) is 0 Å². The van der Waals surface area contributed by atoms with Crippen LogP contribution in [0, 0.1) is 5.92 Å². The summed E-state index contributed by atoms with van der Waals surface area (Å²) in [5.41, 5.74) is 2.66. The molecule has 0 saturated carbocycles. The van der Waals surface area contributed by atoms with E-state index in [-0.39, 0.29) is 29.9 Å². The minimum absolute atomic E-state index is 0.00531. The van der Waals surface area contributed by atoms with Crippen molar-refractivity contribution in [2.75, 3.05) is 32.1 Å². The van der Waals surface area contributed by atoms with E-state index >= 15 is 0 Å². The molecule has 0 unspecified atom stereocenters. The SMILES string of the molecule is CC(C)N1C[C@@H](C)[C@H](CN(C)Cc2ccc(Oc3ccccc3)cc2)Oc2c(cccc2N(C)C(=O)c2ccncc2)C1=O. The number of hydrogen-bond acceptors (Lipinski definition) is 6. The van der Waals surface area contributed by atoms with Gasteiger partial charge in [0.1, 0.15) is 17.6 Å². The predicted molar refractivity (Wildman–Crippen MR) is 172 cm³/mol. The molecule has 2 heterocycles. The topological polar surface area (TPSA) is 75.2 Å². The summed E-state index contributed by atoms with van der Waals surface area (Å²) >= 11 is 0. The van der Waals surface area contributed by atoms with Gasteiger partial charge in [-0.3, -0.25) is 19.5 Å². The third-order valence-corrected chi connectivity index (χ3v) is 7.94. The maximum atomic E-state index is 13.8. The lowest BCUT2D eigenvalue weighted by molar-refractivity contribution is 0.0431. The lowest BCUT2D eigenvalue weighted by atomic mass is 9.98. The molecule has 3 aromatic carbocycles. The van der Waals surface area contributed by atoms with Crippen LogP contribution in [0.1, 0.15) is 47.1 Å². The lowest BCUT2D eigenvalue weighted by Crippen LogP contribution is -2.48. The van der Waals surface area contributed by atoms with E-state index in [9.17, 15) is 9.59 Å². The number of pyridine rings is 1. The van der Waals surface area contributed by atoms with Crippen LogP contribution in [0.2, 0.25) is 0 Å². The van der Waals surface area contributed by atoms with Crippen molar-refractivity contribution >= 4 is 17.5 Å². The summed E-state index contributed by atoms with van der Waals surface area (Å²) < 4.78 is 12.7. The molecule has 0 N–H and O–H groups in total. The van der Waals surface area contributed by atoms with E-state index in [1.54, 1.807) is 42.5 Å². The van der Waals surface area contributed by atoms with E-state index in [0.29, 0.717) is 42.2 Å². The summed E-state index contributed by atoms with van der Waals surface area (Å²) in [5, 5.41) is 0. The second kappa shape index (κ2) is 13.7. The zero-order valence-corrected chi connectivity index (χ0v) is 26.0. The zero-order valence-electron chi connectivity index (χ0n) is 26.0. The summed E-state index contributed by atoms with van der Waals surface area (Å²) in [5.74, 6) is 1.74. The molecule has 0 spiro atoms. The number of rotatable bonds is 9. The lowest BCUT2D eigenvalue weighted by Gasteiger charge is -2.38. The van der Waals surface area contributed by atoms with E-state index in [2.05, 4.69) is 36.0 Å². The largest absolute Gasteiger partial charge is 0.486 e. The number of carbonyl (C=O) groups is 2. The first-order chi connectivity index (χ1) is 21.2. The molecule has 2 amide bonds. The Hall–Kier alpha value is -4.69. The van der Waals surface area contributed by atoms with Crippen molar-refractivity contribution in [3.63, 3.8) is 0 Å². The van der Waals surface area contributed by atoms with Crippen molar-refractivity contribution in [1.82, 2.24) is 14.8 Å². The quantitative estimate of drug-likeness (QED) is 0.220. The minimum Gasteiger partial charge on any atom is -0.486 e. The van der Waals surface area contributed by atoms with Crippen LogP contribution in [0.5, 0.6) is 17.2 Å². The molecule has 0 bridgehead atoms. The first kappa shape index (κ1) is 30.8. The Balaban J connectivity index is 1.38. The fraction of sp³-hybridized carbons (Fsp3) is 0.306. The highest BCUT2D eigenvalue weighted by Crippen LogP contribution is 2.37. The monoisotopic (exact) mass is 592 g/mol. The van der Waals surface area contributed by atoms with E-state index in [0.717, 1.165) is 17.1 Å². The summed E-state index contributed by atoms with van der Waals surface area (Å²) in [6.45, 7) is 8.08. The van der Waals surface area contributed by atoms with Crippen LogP contribution in [0.4, 0.5) is 5.69 Å². The molecule has 8 nitrogen and oxygen atoms in total. The van der Waals surface area contributed by atoms with Crippen molar-refractivity contribution in [1.29, 1.82) is 0 Å². The number of para-hydroxylation sites is 2. The Labute approximate surface area is 259 Å². The molecule has 1 aliphatic rings. The fourth-order valence-corrected chi connectivity index (χ4v) is 5.45. The summed E-state index contributed by atoms with van der Waals surface area (Å²) in [6, 6.07) is 26.6. The van der Waals surface area contributed by atoms with Gasteiger partial charge in [-0.25, -0.2) is 0 Å². The highest BCUT2D eigenvalue weighted by atomic mass is 16.5. The van der Waals surface area contributed by atoms with Gasteiger partial charge in [0.05, 0.1) is 11.3 Å². The average molecular weight is 593 g/mol. The number of ether oxygens (including phenoxy) is 2. The van der Waals surface area contributed by atoms with E-state index in [1.807, 2.05) is 73.3 Å². The Morgan fingerprint density at radius 3 is 2.32 bits per heavy atom. The number of fused-ring (bicyclic) bond motifs is 1. The van der Waals surface area contributed by atoms with E-state index in [4.69, 9.17) is 9.47 Å². The second-order valence-corrected chi connectivity index (χ2v) is 11.7. The molecular weight excluding hydrogens is 552 g/mol. The van der Waals surface area contributed by atoms with Crippen LogP contribution < -0.4 is 14.4 Å². The molecule has 228 valence electrons. The van der Waals surface area contributed by atoms with Gasteiger partial charge in [-0.15, -0.1) is 0 Å². The van der Waals surface area contributed by atoms with Gasteiger partial charge in [-0.1, -0.05) is 43.3 Å². The number of amides is 2. The number of carbonyl (C=O) groups excluding carboxylic acids is 2. The van der Waals surface area contributed by atoms with Crippen molar-refractivity contribution < 1.29 is 19.1 Å². The van der Waals surface area contributed by atoms with Gasteiger partial charge in [-0.05, 0) is 75.0 Å². The van der Waals surface area contributed by atoms with Gasteiger partial charge in [-0.2, -0.15) is 0 Å². The molecule has 44 heavy (non-hydrogen) atoms. The number of anilines is 1. The van der Waals surface area contributed by atoms with Crippen LogP contribution >= 0.6 is 0 Å². The Morgan fingerprint density at radius 1 is 0.955 bits per heavy atom. The summed E-state index contributed by atoms with van der Waals surface area (Å²) in [4.78, 5) is 36.9. The standard InChI is InChI=1S/C36H40N4O4/c1-25(2)40-22-26(3)33(24-38(4)23-27-14-16-30(17-15-27)43-29-10-7-6-8-11-29)44-34-31(36(40)42)12-9-13-32(34)39(5)35(41)28-18-20-37-21-19-28/h6-21,25-26,33H,22-24H2,1-5H3/t26-,33+/m1/s1. The first-order valence-electron chi connectivity index (χ1n) is 15.0. The molecule has 4 aromatic rings. The maximum Gasteiger partial charge on any atom is 0.258 e. The molecule has 5 rings (SSSR count). The van der Waals surface area contributed by atoms with Crippen molar-refractivity contribution in [2.45, 2.75) is 39.5 Å². The number of aromatic nitrogens is 1. The van der Waals surface area contributed by atoms with Gasteiger partial charge in [0.15, 0.2) is 5.75 Å². The molecule has 2 atom stereocenters. The van der Waals surface area contributed by atoms with Crippen LogP contribution in [0.25, 0.3) is 0 Å². The van der Waals surface area contributed by atoms with Gasteiger partial charge < -0.3 is 19.3 Å². The van der Waals surface area contributed by atoms with Crippen LogP contribution in [0.3, 0.4) is 0 Å². The number of benzene rings is 3. The average Bonchev–Trinajstić information content (AvgIpc) is 3.03. The normalized spacial score (nSPS) is 16.6. The summed E-state index contributed by atoms with van der Waals surface area (Å²) in [6.07, 6.45) is 2.95. The maximum absolute atomic E-state index is 13.8. The fourth-order valence-electron chi connectivity index (χ4n) is 5.45. The van der Waals surface area contributed by atoms with Gasteiger partial charge in [0, 0.05) is 56.6 Å². The first-order valence-corrected chi connectivity index (χ1v) is 15.0. The molecule has 0 saturated heterocycles. The van der Waals surface area contributed by atoms with Crippen LogP contribution in [-0.2, 0) is 6.54 Å². The van der Waals surface area contributed by atoms with Gasteiger partial charge >= 0.3 is 0 Å². The molecule has 0 radical (unpaired) electrons. The van der Waals surface area contributed by atoms with Crippen molar-refractivity contribution in [3.05, 3.63) is 114 Å². The Kier molecular flexibility index (Phi) is 9.60. The highest BCUT2D eigenvalue weighted by molar-refractivity contribution is 6.08. The molecule has 1 aromatic heterocycles. The highest BCUT2D eigenvalue weighted by Gasteiger charge is 2.34. The minimum atomic E-state index is -0.237. The number of likely N-dealkylation sites (N-methyl/N-ethyl adjacent to an activating group) is 1. The summed E-state index contributed by atoms with van der Waals surface area (Å²) in [7, 11) is 3.78. The van der Waals surface area contributed by atoms with Crippen molar-refractivity contribution in [3.8, 4) is 17.2 Å². The van der Waals surface area contributed by atoms with Gasteiger partial charge in [0.25, 0.3) is 11.8 Å². The number of nitrogens with zero attached hydrogens (tertiary/aromatic N) is 4. The van der Waals surface area contributed by atoms with Crippen LogP contribution in [0.15, 0.2) is 97.3 Å². The second-order valence-electron chi connectivity index (χ2n) is 11.7.